The predicted octanol–water partition coefficient (Wildman–Crippen LogP) is 19.0. The molecule has 1 atom stereocenters. The van der Waals surface area contributed by atoms with Crippen molar-refractivity contribution < 1.29 is 28.6 Å². The highest BCUT2D eigenvalue weighted by Crippen LogP contribution is 2.17. The van der Waals surface area contributed by atoms with Gasteiger partial charge in [0.25, 0.3) is 0 Å². The van der Waals surface area contributed by atoms with Gasteiger partial charge in [0.2, 0.25) is 0 Å². The first-order valence-electron chi connectivity index (χ1n) is 28.6. The monoisotopic (exact) mass is 925 g/mol. The van der Waals surface area contributed by atoms with E-state index in [-0.39, 0.29) is 31.1 Å². The van der Waals surface area contributed by atoms with Crippen LogP contribution in [0.5, 0.6) is 0 Å². The van der Waals surface area contributed by atoms with Crippen molar-refractivity contribution in [3.63, 3.8) is 0 Å². The lowest BCUT2D eigenvalue weighted by Gasteiger charge is -2.18. The van der Waals surface area contributed by atoms with Crippen LogP contribution in [0.4, 0.5) is 0 Å². The molecule has 0 aliphatic carbocycles. The van der Waals surface area contributed by atoms with E-state index in [0.29, 0.717) is 19.3 Å². The molecule has 0 aromatic rings. The van der Waals surface area contributed by atoms with Crippen LogP contribution in [0.1, 0.15) is 297 Å². The normalized spacial score (nSPS) is 12.3. The number of hydrogen-bond acceptors (Lipinski definition) is 6. The van der Waals surface area contributed by atoms with Gasteiger partial charge < -0.3 is 14.2 Å². The first-order chi connectivity index (χ1) is 32.5. The molecule has 0 heterocycles. The molecule has 1 unspecified atom stereocenters. The highest BCUT2D eigenvalue weighted by Gasteiger charge is 2.19. The predicted molar refractivity (Wildman–Crippen MR) is 284 cm³/mol. The molecule has 0 aromatic heterocycles. The maximum Gasteiger partial charge on any atom is 0.306 e. The van der Waals surface area contributed by atoms with Crippen molar-refractivity contribution in [2.75, 3.05) is 13.2 Å². The Morgan fingerprint density at radius 3 is 0.924 bits per heavy atom. The second kappa shape index (κ2) is 55.0. The summed E-state index contributed by atoms with van der Waals surface area (Å²) in [5.74, 6) is -0.869. The van der Waals surface area contributed by atoms with Gasteiger partial charge in [-0.1, -0.05) is 268 Å². The lowest BCUT2D eigenvalue weighted by Crippen LogP contribution is -2.30. The van der Waals surface area contributed by atoms with Crippen molar-refractivity contribution in [1.82, 2.24) is 0 Å². The Morgan fingerprint density at radius 2 is 0.591 bits per heavy atom. The lowest BCUT2D eigenvalue weighted by atomic mass is 10.0. The second-order valence-corrected chi connectivity index (χ2v) is 19.2. The van der Waals surface area contributed by atoms with E-state index < -0.39 is 6.10 Å². The summed E-state index contributed by atoms with van der Waals surface area (Å²) in [6, 6.07) is 0. The van der Waals surface area contributed by atoms with Crippen LogP contribution in [0, 0.1) is 0 Å². The molecule has 0 aromatic carbocycles. The van der Waals surface area contributed by atoms with E-state index in [1.54, 1.807) is 0 Å². The van der Waals surface area contributed by atoms with Crippen LogP contribution in [0.3, 0.4) is 0 Å². The van der Waals surface area contributed by atoms with Gasteiger partial charge in [-0.2, -0.15) is 0 Å². The van der Waals surface area contributed by atoms with Gasteiger partial charge in [0.15, 0.2) is 6.10 Å². The highest BCUT2D eigenvalue weighted by atomic mass is 16.6. The Kier molecular flexibility index (Phi) is 52.8. The summed E-state index contributed by atoms with van der Waals surface area (Å²) in [7, 11) is 0. The number of unbranched alkanes of at least 4 members (excludes halogenated alkanes) is 33. The van der Waals surface area contributed by atoms with E-state index in [0.717, 1.165) is 89.9 Å². The van der Waals surface area contributed by atoms with E-state index in [9.17, 15) is 14.4 Å². The summed E-state index contributed by atoms with van der Waals surface area (Å²) in [6.45, 7) is 6.47. The molecule has 0 bridgehead atoms. The molecule has 6 nitrogen and oxygen atoms in total. The fraction of sp³-hybridized carbons (Fsp3) is 0.817. The smallest absolute Gasteiger partial charge is 0.306 e. The number of esters is 3. The molecule has 66 heavy (non-hydrogen) atoms. The molecule has 0 N–H and O–H groups in total. The lowest BCUT2D eigenvalue weighted by molar-refractivity contribution is -0.167. The summed E-state index contributed by atoms with van der Waals surface area (Å²) in [5, 5.41) is 0. The third-order valence-electron chi connectivity index (χ3n) is 12.6. The largest absolute Gasteiger partial charge is 0.462 e. The molecular formula is C60H108O6. The molecule has 6 heteroatoms. The maximum absolute atomic E-state index is 12.7. The van der Waals surface area contributed by atoms with Crippen LogP contribution < -0.4 is 0 Å². The molecule has 0 aliphatic heterocycles. The van der Waals surface area contributed by atoms with Crippen LogP contribution in [-0.2, 0) is 28.6 Å². The Bertz CT molecular complexity index is 1150. The van der Waals surface area contributed by atoms with Gasteiger partial charge in [0.1, 0.15) is 13.2 Å². The minimum absolute atomic E-state index is 0.0686. The van der Waals surface area contributed by atoms with Gasteiger partial charge in [-0.15, -0.1) is 0 Å². The summed E-state index contributed by atoms with van der Waals surface area (Å²) in [6.07, 6.45) is 67.3. The number of ether oxygens (including phenoxy) is 3. The van der Waals surface area contributed by atoms with Gasteiger partial charge in [-0.25, -0.2) is 0 Å². The molecule has 0 saturated carbocycles. The summed E-state index contributed by atoms with van der Waals surface area (Å²) in [5.41, 5.74) is 0. The van der Waals surface area contributed by atoms with Crippen molar-refractivity contribution in [3.8, 4) is 0 Å². The van der Waals surface area contributed by atoms with E-state index in [1.807, 2.05) is 0 Å². The Labute approximate surface area is 409 Å². The van der Waals surface area contributed by atoms with Crippen molar-refractivity contribution in [2.24, 2.45) is 0 Å². The van der Waals surface area contributed by atoms with Gasteiger partial charge in [-0.3, -0.25) is 14.4 Å². The van der Waals surface area contributed by atoms with E-state index in [4.69, 9.17) is 14.2 Å². The molecule has 0 amide bonds. The van der Waals surface area contributed by atoms with Gasteiger partial charge in [0.05, 0.1) is 0 Å². The molecule has 0 fully saturated rings. The van der Waals surface area contributed by atoms with Crippen LogP contribution in [0.2, 0.25) is 0 Å². The first-order valence-corrected chi connectivity index (χ1v) is 28.6. The van der Waals surface area contributed by atoms with Gasteiger partial charge >= 0.3 is 17.9 Å². The maximum atomic E-state index is 12.7. The molecule has 0 aliphatic rings. The van der Waals surface area contributed by atoms with Crippen LogP contribution in [0.25, 0.3) is 0 Å². The quantitative estimate of drug-likeness (QED) is 0.0262. The van der Waals surface area contributed by atoms with Crippen molar-refractivity contribution >= 4 is 17.9 Å². The number of rotatable bonds is 52. The second-order valence-electron chi connectivity index (χ2n) is 19.2. The SMILES string of the molecule is CC/C=C\C/C=C\C/C=C\C/C=C\CCCCCCCCCCCCCCCCCCC(=O)OCC(COC(=O)CCCCCCC)OC(=O)CCCCCCCCCCCCCCCC. The standard InChI is InChI=1S/C60H108O6/c1-4-7-10-13-15-17-19-21-23-24-25-26-27-28-29-30-31-32-33-34-35-36-37-39-40-42-44-47-50-53-59(62)65-56-57(55-64-58(61)52-49-46-12-9-6-3)66-60(63)54-51-48-45-43-41-38-22-20-18-16-14-11-8-5-2/h7,10,15,17,21,23,25-26,57H,4-6,8-9,11-14,16,18-20,22,24,27-56H2,1-3H3/b10-7-,17-15-,23-21-,26-25-. The summed E-state index contributed by atoms with van der Waals surface area (Å²) < 4.78 is 16.7. The minimum atomic E-state index is -0.764. The molecule has 0 radical (unpaired) electrons. The number of hydrogen-bond donors (Lipinski definition) is 0. The van der Waals surface area contributed by atoms with E-state index in [1.165, 1.54) is 167 Å². The van der Waals surface area contributed by atoms with Crippen LogP contribution in [-0.4, -0.2) is 37.2 Å². The third kappa shape index (κ3) is 52.3. The van der Waals surface area contributed by atoms with Crippen LogP contribution >= 0.6 is 0 Å². The number of carbonyl (C=O) groups is 3. The number of allylic oxidation sites excluding steroid dienone is 8. The van der Waals surface area contributed by atoms with Crippen LogP contribution in [0.15, 0.2) is 48.6 Å². The third-order valence-corrected chi connectivity index (χ3v) is 12.6. The Balaban J connectivity index is 3.96. The summed E-state index contributed by atoms with van der Waals surface area (Å²) >= 11 is 0. The zero-order valence-electron chi connectivity index (χ0n) is 44.0. The fourth-order valence-corrected chi connectivity index (χ4v) is 8.32. The molecular weight excluding hydrogens is 817 g/mol. The Morgan fingerprint density at radius 1 is 0.318 bits per heavy atom. The summed E-state index contributed by atoms with van der Waals surface area (Å²) in [4.78, 5) is 37.7. The molecule has 0 spiro atoms. The highest BCUT2D eigenvalue weighted by molar-refractivity contribution is 5.71. The molecule has 384 valence electrons. The van der Waals surface area contributed by atoms with Crippen molar-refractivity contribution in [3.05, 3.63) is 48.6 Å². The van der Waals surface area contributed by atoms with Gasteiger partial charge in [-0.05, 0) is 57.8 Å². The fourth-order valence-electron chi connectivity index (χ4n) is 8.32. The number of carbonyl (C=O) groups excluding carboxylic acids is 3. The Hall–Kier alpha value is -2.63. The van der Waals surface area contributed by atoms with Gasteiger partial charge in [0, 0.05) is 19.3 Å². The van der Waals surface area contributed by atoms with E-state index in [2.05, 4.69) is 69.4 Å². The van der Waals surface area contributed by atoms with E-state index >= 15 is 0 Å². The zero-order chi connectivity index (χ0) is 47.9. The zero-order valence-corrected chi connectivity index (χ0v) is 44.0. The first kappa shape index (κ1) is 63.4. The van der Waals surface area contributed by atoms with Crippen molar-refractivity contribution in [2.45, 2.75) is 303 Å². The van der Waals surface area contributed by atoms with Crippen molar-refractivity contribution in [1.29, 1.82) is 0 Å². The average Bonchev–Trinajstić information content (AvgIpc) is 3.31. The molecule has 0 saturated heterocycles. The molecule has 0 rings (SSSR count). The minimum Gasteiger partial charge on any atom is -0.462 e. The topological polar surface area (TPSA) is 78.9 Å². The average molecular weight is 926 g/mol.